The van der Waals surface area contributed by atoms with Crippen LogP contribution in [0, 0.1) is 11.8 Å². The van der Waals surface area contributed by atoms with Crippen molar-refractivity contribution in [3.05, 3.63) is 0 Å². The summed E-state index contributed by atoms with van der Waals surface area (Å²) in [6.07, 6.45) is 48.0. The van der Waals surface area contributed by atoms with Gasteiger partial charge in [0.05, 0.1) is 0 Å². The zero-order valence-electron chi connectivity index (χ0n) is 41.1. The number of rotatable bonds is 48. The molecule has 0 spiro atoms. The van der Waals surface area contributed by atoms with Crippen LogP contribution >= 0.6 is 0 Å². The van der Waals surface area contributed by atoms with E-state index in [4.69, 9.17) is 14.2 Å². The normalized spacial score (nSPS) is 12.5. The molecule has 0 radical (unpaired) electrons. The van der Waals surface area contributed by atoms with Crippen molar-refractivity contribution in [3.63, 3.8) is 0 Å². The minimum atomic E-state index is -0.762. The number of carbonyl (C=O) groups excluding carboxylic acids is 3. The minimum absolute atomic E-state index is 0.0637. The summed E-state index contributed by atoms with van der Waals surface area (Å²) in [5.74, 6) is 0.828. The van der Waals surface area contributed by atoms with Crippen LogP contribution in [0.25, 0.3) is 0 Å². The summed E-state index contributed by atoms with van der Waals surface area (Å²) in [4.78, 5) is 38.0. The molecule has 0 aromatic carbocycles. The molecule has 356 valence electrons. The van der Waals surface area contributed by atoms with Crippen LogP contribution < -0.4 is 0 Å². The number of ether oxygens (including phenoxy) is 3. The van der Waals surface area contributed by atoms with Gasteiger partial charge in [-0.15, -0.1) is 0 Å². The van der Waals surface area contributed by atoms with E-state index in [-0.39, 0.29) is 31.1 Å². The highest BCUT2D eigenvalue weighted by atomic mass is 16.6. The summed E-state index contributed by atoms with van der Waals surface area (Å²) in [7, 11) is 0. The van der Waals surface area contributed by atoms with Crippen LogP contribution in [0.4, 0.5) is 0 Å². The molecule has 0 aromatic heterocycles. The zero-order chi connectivity index (χ0) is 44.0. The molecule has 0 saturated heterocycles. The molecule has 0 heterocycles. The highest BCUT2D eigenvalue weighted by molar-refractivity contribution is 5.71. The van der Waals surface area contributed by atoms with Crippen LogP contribution in [0.15, 0.2) is 0 Å². The van der Waals surface area contributed by atoms with Gasteiger partial charge in [-0.1, -0.05) is 259 Å². The molecule has 6 heteroatoms. The monoisotopic (exact) mass is 849 g/mol. The zero-order valence-corrected chi connectivity index (χ0v) is 41.1. The van der Waals surface area contributed by atoms with Crippen molar-refractivity contribution >= 4 is 17.9 Å². The van der Waals surface area contributed by atoms with Crippen LogP contribution in [0.5, 0.6) is 0 Å². The molecule has 0 N–H and O–H groups in total. The lowest BCUT2D eigenvalue weighted by Gasteiger charge is -2.18. The maximum atomic E-state index is 12.8. The fourth-order valence-electron chi connectivity index (χ4n) is 8.13. The van der Waals surface area contributed by atoms with Crippen molar-refractivity contribution in [1.29, 1.82) is 0 Å². The maximum Gasteiger partial charge on any atom is 0.306 e. The lowest BCUT2D eigenvalue weighted by molar-refractivity contribution is -0.167. The summed E-state index contributed by atoms with van der Waals surface area (Å²) in [5, 5.41) is 0. The molecule has 1 unspecified atom stereocenters. The Hall–Kier alpha value is -1.59. The van der Waals surface area contributed by atoms with Crippen LogP contribution in [0.1, 0.15) is 298 Å². The summed E-state index contributed by atoms with van der Waals surface area (Å²) < 4.78 is 16.8. The first-order chi connectivity index (χ1) is 29.3. The number of carbonyl (C=O) groups is 3. The first-order valence-electron chi connectivity index (χ1n) is 26.8. The Morgan fingerprint density at radius 2 is 0.633 bits per heavy atom. The van der Waals surface area contributed by atoms with E-state index in [1.165, 1.54) is 186 Å². The molecule has 0 aliphatic carbocycles. The van der Waals surface area contributed by atoms with Gasteiger partial charge in [0.1, 0.15) is 13.2 Å². The molecule has 0 aliphatic heterocycles. The van der Waals surface area contributed by atoms with Crippen LogP contribution in [0.3, 0.4) is 0 Å². The van der Waals surface area contributed by atoms with Gasteiger partial charge in [0.2, 0.25) is 0 Å². The Kier molecular flexibility index (Phi) is 45.7. The van der Waals surface area contributed by atoms with E-state index >= 15 is 0 Å². The van der Waals surface area contributed by atoms with Gasteiger partial charge in [0.15, 0.2) is 6.10 Å². The van der Waals surface area contributed by atoms with Crippen LogP contribution in [0.2, 0.25) is 0 Å². The van der Waals surface area contributed by atoms with Crippen molar-refractivity contribution in [1.82, 2.24) is 0 Å². The van der Waals surface area contributed by atoms with E-state index < -0.39 is 6.10 Å². The van der Waals surface area contributed by atoms with Gasteiger partial charge in [-0.2, -0.15) is 0 Å². The van der Waals surface area contributed by atoms with Crippen molar-refractivity contribution in [2.24, 2.45) is 11.8 Å². The largest absolute Gasteiger partial charge is 0.462 e. The molecule has 2 atom stereocenters. The SMILES string of the molecule is CCCCCCCCCCCCCCCCCCC(=O)OC[C@H](COC(=O)CCCCCCCCCCCCC(C)CC)OC(=O)CCCCCCCCCCCC(C)C. The van der Waals surface area contributed by atoms with Gasteiger partial charge in [-0.25, -0.2) is 0 Å². The molecule has 60 heavy (non-hydrogen) atoms. The molecule has 6 nitrogen and oxygen atoms in total. The quantitative estimate of drug-likeness (QED) is 0.0345. The summed E-state index contributed by atoms with van der Waals surface area (Å²) in [6, 6.07) is 0. The molecule has 0 aromatic rings. The standard InChI is InChI=1S/C54H104O6/c1-6-8-9-10-11-12-13-14-15-16-17-18-24-29-34-39-44-52(55)58-47-51(60-54(57)46-41-36-31-26-21-22-27-32-37-42-49(3)4)48-59-53(56)45-40-35-30-25-20-19-23-28-33-38-43-50(5)7-2/h49-51H,6-48H2,1-5H3/t50?,51-/m1/s1. The van der Waals surface area contributed by atoms with Gasteiger partial charge in [0, 0.05) is 19.3 Å². The second kappa shape index (κ2) is 46.9. The van der Waals surface area contributed by atoms with Gasteiger partial charge in [-0.3, -0.25) is 14.4 Å². The van der Waals surface area contributed by atoms with Crippen LogP contribution in [-0.2, 0) is 28.6 Å². The lowest BCUT2D eigenvalue weighted by atomic mass is 9.99. The average Bonchev–Trinajstić information content (AvgIpc) is 3.23. The molecule has 0 amide bonds. The first kappa shape index (κ1) is 58.4. The second-order valence-corrected chi connectivity index (χ2v) is 19.2. The predicted molar refractivity (Wildman–Crippen MR) is 256 cm³/mol. The van der Waals surface area contributed by atoms with E-state index in [1.54, 1.807) is 0 Å². The fourth-order valence-corrected chi connectivity index (χ4v) is 8.13. The van der Waals surface area contributed by atoms with Crippen molar-refractivity contribution in [2.75, 3.05) is 13.2 Å². The van der Waals surface area contributed by atoms with Gasteiger partial charge >= 0.3 is 17.9 Å². The topological polar surface area (TPSA) is 78.9 Å². The van der Waals surface area contributed by atoms with Gasteiger partial charge in [0.25, 0.3) is 0 Å². The molecular formula is C54H104O6. The highest BCUT2D eigenvalue weighted by Gasteiger charge is 2.19. The number of hydrogen-bond donors (Lipinski definition) is 0. The summed E-state index contributed by atoms with van der Waals surface area (Å²) in [5.41, 5.74) is 0. The predicted octanol–water partition coefficient (Wildman–Crippen LogP) is 17.3. The van der Waals surface area contributed by atoms with Gasteiger partial charge < -0.3 is 14.2 Å². The third-order valence-electron chi connectivity index (χ3n) is 12.6. The van der Waals surface area contributed by atoms with E-state index in [0.29, 0.717) is 19.3 Å². The van der Waals surface area contributed by atoms with Crippen LogP contribution in [-0.4, -0.2) is 37.2 Å². The lowest BCUT2D eigenvalue weighted by Crippen LogP contribution is -2.30. The number of unbranched alkanes of at least 4 members (excludes halogenated alkanes) is 32. The summed E-state index contributed by atoms with van der Waals surface area (Å²) in [6.45, 7) is 11.4. The molecule has 0 aliphatic rings. The number of esters is 3. The Bertz CT molecular complexity index is 918. The Morgan fingerprint density at radius 3 is 0.950 bits per heavy atom. The van der Waals surface area contributed by atoms with Crippen molar-refractivity contribution in [2.45, 2.75) is 304 Å². The molecular weight excluding hydrogens is 745 g/mol. The fraction of sp³-hybridized carbons (Fsp3) is 0.944. The third-order valence-corrected chi connectivity index (χ3v) is 12.6. The third kappa shape index (κ3) is 45.9. The smallest absolute Gasteiger partial charge is 0.306 e. The van der Waals surface area contributed by atoms with E-state index in [2.05, 4.69) is 34.6 Å². The van der Waals surface area contributed by atoms with Gasteiger partial charge in [-0.05, 0) is 31.1 Å². The minimum Gasteiger partial charge on any atom is -0.462 e. The second-order valence-electron chi connectivity index (χ2n) is 19.2. The maximum absolute atomic E-state index is 12.8. The van der Waals surface area contributed by atoms with E-state index in [9.17, 15) is 14.4 Å². The Labute approximate surface area is 374 Å². The first-order valence-corrected chi connectivity index (χ1v) is 26.8. The Morgan fingerprint density at radius 1 is 0.350 bits per heavy atom. The average molecular weight is 849 g/mol. The van der Waals surface area contributed by atoms with Crippen molar-refractivity contribution < 1.29 is 28.6 Å². The highest BCUT2D eigenvalue weighted by Crippen LogP contribution is 2.18. The van der Waals surface area contributed by atoms with E-state index in [1.807, 2.05) is 0 Å². The number of hydrogen-bond acceptors (Lipinski definition) is 6. The molecule has 0 fully saturated rings. The van der Waals surface area contributed by atoms with E-state index in [0.717, 1.165) is 69.6 Å². The molecule has 0 rings (SSSR count). The summed E-state index contributed by atoms with van der Waals surface area (Å²) >= 11 is 0. The Balaban J connectivity index is 4.30. The molecule has 0 bridgehead atoms. The van der Waals surface area contributed by atoms with Crippen molar-refractivity contribution in [3.8, 4) is 0 Å². The molecule has 0 saturated carbocycles.